The van der Waals surface area contributed by atoms with Gasteiger partial charge in [-0.15, -0.1) is 6.42 Å². The Morgan fingerprint density at radius 1 is 1.26 bits per heavy atom. The number of hydrogen-bond donors (Lipinski definition) is 1. The molecule has 5 heterocycles. The van der Waals surface area contributed by atoms with E-state index in [4.69, 9.17) is 27.6 Å². The summed E-state index contributed by atoms with van der Waals surface area (Å²) in [5, 5.41) is 1.15. The Morgan fingerprint density at radius 2 is 2.12 bits per heavy atom. The zero-order valence-electron chi connectivity index (χ0n) is 27.1. The fourth-order valence-corrected chi connectivity index (χ4v) is 7.53. The normalized spacial score (nSPS) is 20.2. The van der Waals surface area contributed by atoms with Crippen LogP contribution in [-0.2, 0) is 23.0 Å². The van der Waals surface area contributed by atoms with E-state index in [2.05, 4.69) is 37.4 Å². The van der Waals surface area contributed by atoms with Gasteiger partial charge in [0.15, 0.2) is 0 Å². The van der Waals surface area contributed by atoms with Gasteiger partial charge < -0.3 is 19.8 Å². The van der Waals surface area contributed by atoms with E-state index in [1.54, 1.807) is 55.2 Å². The third-order valence-corrected chi connectivity index (χ3v) is 10.7. The number of aromatic nitrogens is 4. The molecular formula is C36H33BClF2N7O2S. The van der Waals surface area contributed by atoms with Crippen molar-refractivity contribution in [3.8, 4) is 18.4 Å². The van der Waals surface area contributed by atoms with Crippen LogP contribution in [0.4, 0.5) is 14.6 Å². The summed E-state index contributed by atoms with van der Waals surface area (Å²) in [6, 6.07) is 14.2. The molecule has 3 fully saturated rings. The van der Waals surface area contributed by atoms with Crippen molar-refractivity contribution in [3.05, 3.63) is 82.4 Å². The molecule has 0 amide bonds. The molecule has 4 unspecified atom stereocenters. The van der Waals surface area contributed by atoms with E-state index in [1.807, 2.05) is 4.57 Å². The summed E-state index contributed by atoms with van der Waals surface area (Å²) >= 11 is 0. The third-order valence-electron chi connectivity index (χ3n) is 9.49. The van der Waals surface area contributed by atoms with E-state index in [9.17, 15) is 8.60 Å². The monoisotopic (exact) mass is 711 g/mol. The average Bonchev–Trinajstić information content (AvgIpc) is 4.03. The van der Waals surface area contributed by atoms with Gasteiger partial charge in [-0.05, 0) is 65.5 Å². The zero-order chi connectivity index (χ0) is 34.9. The predicted octanol–water partition coefficient (Wildman–Crippen LogP) is 5.01. The molecule has 3 aliphatic rings. The molecule has 0 bridgehead atoms. The van der Waals surface area contributed by atoms with Crippen molar-refractivity contribution in [2.75, 3.05) is 18.9 Å². The first-order valence-electron chi connectivity index (χ1n) is 16.3. The number of anilines is 1. The second kappa shape index (κ2) is 14.3. The van der Waals surface area contributed by atoms with Crippen molar-refractivity contribution >= 4 is 73.9 Å². The first kappa shape index (κ1) is 33.8. The number of nitrogens with zero attached hydrogens (tertiary/aromatic N) is 6. The molecule has 0 aliphatic carbocycles. The number of nitrogen functional groups attached to an aromatic ring is 1. The minimum atomic E-state index is -1.62. The lowest BCUT2D eigenvalue weighted by atomic mass is 9.79. The number of ether oxygens (including phenoxy) is 1. The van der Waals surface area contributed by atoms with Gasteiger partial charge in [0.1, 0.15) is 32.8 Å². The van der Waals surface area contributed by atoms with Gasteiger partial charge in [-0.2, -0.15) is 9.97 Å². The van der Waals surface area contributed by atoms with Gasteiger partial charge in [-0.3, -0.25) is 4.99 Å². The van der Waals surface area contributed by atoms with E-state index >= 15 is 4.39 Å². The molecule has 50 heavy (non-hydrogen) atoms. The maximum atomic E-state index is 15.9. The summed E-state index contributed by atoms with van der Waals surface area (Å²) in [4.78, 5) is 19.6. The Hall–Kier alpha value is -4.64. The minimum Gasteiger partial charge on any atom is -0.463 e. The van der Waals surface area contributed by atoms with Crippen molar-refractivity contribution < 1.29 is 17.7 Å². The number of hydrogen-bond acceptors (Lipinski definition) is 8. The molecule has 9 nitrogen and oxygen atoms in total. The quantitative estimate of drug-likeness (QED) is 0.0572. The average molecular weight is 712 g/mol. The number of nitrogens with two attached hydrogens (primary N) is 1. The van der Waals surface area contributed by atoms with Crippen LogP contribution in [0.3, 0.4) is 0 Å². The summed E-state index contributed by atoms with van der Waals surface area (Å²) in [6.07, 6.45) is 13.4. The highest BCUT2D eigenvalue weighted by atomic mass is 35.7. The number of terminal acetylenes is 1. The van der Waals surface area contributed by atoms with Crippen molar-refractivity contribution in [3.63, 3.8) is 0 Å². The molecule has 0 radical (unpaired) electrons. The zero-order valence-corrected chi connectivity index (χ0v) is 28.6. The van der Waals surface area contributed by atoms with Gasteiger partial charge in [-0.25, -0.2) is 18.0 Å². The summed E-state index contributed by atoms with van der Waals surface area (Å²) in [5.74, 6) is 2.25. The van der Waals surface area contributed by atoms with Gasteiger partial charge in [-0.1, -0.05) is 48.7 Å². The molecule has 3 saturated heterocycles. The van der Waals surface area contributed by atoms with Crippen molar-refractivity contribution in [2.45, 2.75) is 55.3 Å². The van der Waals surface area contributed by atoms with Crippen LogP contribution in [0.2, 0.25) is 12.1 Å². The minimum absolute atomic E-state index is 0.0427. The summed E-state index contributed by atoms with van der Waals surface area (Å²) in [6.45, 7) is 6.69. The van der Waals surface area contributed by atoms with Crippen molar-refractivity contribution in [1.29, 1.82) is 0 Å². The highest BCUT2D eigenvalue weighted by Gasteiger charge is 2.57. The highest BCUT2D eigenvalue weighted by Crippen LogP contribution is 2.53. The molecule has 5 aromatic rings. The Labute approximate surface area is 295 Å². The van der Waals surface area contributed by atoms with Gasteiger partial charge in [0.05, 0.1) is 39.6 Å². The van der Waals surface area contributed by atoms with E-state index in [0.29, 0.717) is 39.7 Å². The molecule has 3 aliphatic heterocycles. The number of benzene rings is 3. The third kappa shape index (κ3) is 7.01. The van der Waals surface area contributed by atoms with Crippen LogP contribution < -0.4 is 21.0 Å². The van der Waals surface area contributed by atoms with Gasteiger partial charge >= 0.3 is 6.01 Å². The first-order chi connectivity index (χ1) is 24.2. The summed E-state index contributed by atoms with van der Waals surface area (Å²) in [5.41, 5.74) is 8.17. The molecular weight excluding hydrogens is 679 g/mol. The SMILES string of the molecule is C#Cc1c(F)ccc2cccc(C/C(F)=c3/nc(OCCCn4cnc5cc(S(=O)Cl)ccc54)nc(N)/c3=C/N=C)c12.C1CC2CN2B2CC12. The number of fused-ring (bicyclic) bond motifs is 5. The molecule has 254 valence electrons. The van der Waals surface area contributed by atoms with E-state index < -0.39 is 21.7 Å². The van der Waals surface area contributed by atoms with Gasteiger partial charge in [0.2, 0.25) is 6.85 Å². The Bertz CT molecular complexity index is 2320. The van der Waals surface area contributed by atoms with Crippen LogP contribution in [0, 0.1) is 18.2 Å². The number of aliphatic imine (C=N–C) groups is 1. The fourth-order valence-electron chi connectivity index (χ4n) is 6.86. The van der Waals surface area contributed by atoms with Crippen LogP contribution in [0.5, 0.6) is 6.01 Å². The Balaban J connectivity index is 0.000000419. The number of rotatable bonds is 9. The smallest absolute Gasteiger partial charge is 0.319 e. The maximum absolute atomic E-state index is 15.9. The second-order valence-electron chi connectivity index (χ2n) is 12.6. The Morgan fingerprint density at radius 3 is 2.90 bits per heavy atom. The lowest BCUT2D eigenvalue weighted by molar-refractivity contribution is 0.279. The standard InChI is InChI=1S/C30H23ClF2N6O2S.C6H10BN/c1-3-21-23(32)10-8-18-6-4-7-19(27(18)21)14-24(33)28-22(16-35-2)29(34)38-30(37-28)41-13-5-12-39-17-36-25-15-20(42(31)40)9-11-26(25)39;1-2-6-4-8(6)7-3-5(1)7/h1,4,6-11,15-17H,2,5,12-14H2,(H2,34,37,38);5-6H,1-4H2/b22-16+,28-24-;. The molecule has 3 aromatic carbocycles. The number of halogens is 3. The molecule has 0 spiro atoms. The second-order valence-corrected chi connectivity index (χ2v) is 14.4. The van der Waals surface area contributed by atoms with E-state index in [0.717, 1.165) is 24.2 Å². The molecule has 8 rings (SSSR count). The molecule has 4 atom stereocenters. The van der Waals surface area contributed by atoms with Crippen molar-refractivity contribution in [1.82, 2.24) is 24.3 Å². The van der Waals surface area contributed by atoms with Crippen LogP contribution in [-0.4, -0.2) is 61.3 Å². The van der Waals surface area contributed by atoms with Gasteiger partial charge in [0.25, 0.3) is 0 Å². The van der Waals surface area contributed by atoms with Gasteiger partial charge in [0, 0.05) is 37.1 Å². The topological polar surface area (TPSA) is 111 Å². The maximum Gasteiger partial charge on any atom is 0.319 e. The molecule has 2 N–H and O–H groups in total. The first-order valence-corrected chi connectivity index (χ1v) is 18.3. The van der Waals surface area contributed by atoms with Crippen LogP contribution in [0.25, 0.3) is 33.8 Å². The van der Waals surface area contributed by atoms with E-state index in [1.165, 1.54) is 31.6 Å². The summed E-state index contributed by atoms with van der Waals surface area (Å²) < 4.78 is 49.5. The van der Waals surface area contributed by atoms with Crippen LogP contribution in [0.1, 0.15) is 30.4 Å². The predicted molar refractivity (Wildman–Crippen MR) is 196 cm³/mol. The summed E-state index contributed by atoms with van der Waals surface area (Å²) in [7, 11) is 4.05. The van der Waals surface area contributed by atoms with Crippen molar-refractivity contribution in [2.24, 2.45) is 4.99 Å². The number of imidazole rings is 1. The lowest BCUT2D eigenvalue weighted by Crippen LogP contribution is -2.34. The largest absolute Gasteiger partial charge is 0.463 e. The van der Waals surface area contributed by atoms with E-state index in [-0.39, 0.29) is 41.0 Å². The lowest BCUT2D eigenvalue weighted by Gasteiger charge is -2.10. The molecule has 2 aromatic heterocycles. The molecule has 14 heteroatoms. The fraction of sp³-hybridized carbons (Fsp3) is 0.278. The molecule has 0 saturated carbocycles. The van der Waals surface area contributed by atoms with Crippen LogP contribution >= 0.6 is 10.7 Å². The highest BCUT2D eigenvalue weighted by molar-refractivity contribution is 8.08. The Kier molecular flexibility index (Phi) is 9.68. The number of aryl methyl sites for hydroxylation is 1. The van der Waals surface area contributed by atoms with Crippen LogP contribution in [0.15, 0.2) is 64.7 Å².